The molecule has 0 aromatic heterocycles. The second kappa shape index (κ2) is 7.80. The molecule has 1 atom stereocenters. The van der Waals surface area contributed by atoms with E-state index in [-0.39, 0.29) is 11.8 Å². The van der Waals surface area contributed by atoms with Crippen LogP contribution in [0.2, 0.25) is 5.02 Å². The standard InChI is InChI=1S/C21H18ClNO/c22-18-13-11-16(12-14-18)20(23-19-9-5-2-6-10-19)15-21(24)17-7-3-1-4-8-17/h1-14,20,23H,15H2/t20-/m1/s1. The summed E-state index contributed by atoms with van der Waals surface area (Å²) in [4.78, 5) is 12.6. The highest BCUT2D eigenvalue weighted by molar-refractivity contribution is 6.30. The zero-order chi connectivity index (χ0) is 16.8. The van der Waals surface area contributed by atoms with E-state index < -0.39 is 0 Å². The molecular formula is C21H18ClNO. The fourth-order valence-electron chi connectivity index (χ4n) is 2.61. The first-order valence-corrected chi connectivity index (χ1v) is 8.25. The highest BCUT2D eigenvalue weighted by Crippen LogP contribution is 2.25. The fraction of sp³-hybridized carbons (Fsp3) is 0.0952. The molecule has 3 aromatic rings. The number of carbonyl (C=O) groups is 1. The van der Waals surface area contributed by atoms with Gasteiger partial charge in [0.05, 0.1) is 6.04 Å². The van der Waals surface area contributed by atoms with Crippen molar-refractivity contribution >= 4 is 23.1 Å². The van der Waals surface area contributed by atoms with Gasteiger partial charge in [0.25, 0.3) is 0 Å². The first kappa shape index (κ1) is 16.3. The summed E-state index contributed by atoms with van der Waals surface area (Å²) >= 11 is 5.99. The summed E-state index contributed by atoms with van der Waals surface area (Å²) < 4.78 is 0. The average Bonchev–Trinajstić information content (AvgIpc) is 2.63. The highest BCUT2D eigenvalue weighted by atomic mass is 35.5. The highest BCUT2D eigenvalue weighted by Gasteiger charge is 2.17. The van der Waals surface area contributed by atoms with Crippen molar-refractivity contribution in [3.8, 4) is 0 Å². The van der Waals surface area contributed by atoms with Crippen molar-refractivity contribution in [3.05, 3.63) is 101 Å². The molecule has 0 bridgehead atoms. The minimum atomic E-state index is -0.114. The van der Waals surface area contributed by atoms with E-state index in [9.17, 15) is 4.79 Å². The lowest BCUT2D eigenvalue weighted by Gasteiger charge is -2.20. The zero-order valence-corrected chi connectivity index (χ0v) is 13.9. The van der Waals surface area contributed by atoms with Crippen molar-refractivity contribution in [1.82, 2.24) is 0 Å². The Labute approximate surface area is 147 Å². The fourth-order valence-corrected chi connectivity index (χ4v) is 2.74. The van der Waals surface area contributed by atoms with E-state index in [2.05, 4.69) is 5.32 Å². The van der Waals surface area contributed by atoms with Crippen molar-refractivity contribution < 1.29 is 4.79 Å². The molecule has 0 saturated carbocycles. The Hall–Kier alpha value is -2.58. The Kier molecular flexibility index (Phi) is 5.29. The quantitative estimate of drug-likeness (QED) is 0.580. The number of benzene rings is 3. The van der Waals surface area contributed by atoms with Crippen LogP contribution in [0.25, 0.3) is 0 Å². The summed E-state index contributed by atoms with van der Waals surface area (Å²) in [5.41, 5.74) is 2.75. The Morgan fingerprint density at radius 3 is 2.04 bits per heavy atom. The van der Waals surface area contributed by atoms with Gasteiger partial charge in [-0.2, -0.15) is 0 Å². The van der Waals surface area contributed by atoms with Gasteiger partial charge in [0, 0.05) is 22.7 Å². The van der Waals surface area contributed by atoms with Crippen LogP contribution in [-0.4, -0.2) is 5.78 Å². The van der Waals surface area contributed by atoms with Crippen molar-refractivity contribution in [2.75, 3.05) is 5.32 Å². The summed E-state index contributed by atoms with van der Waals surface area (Å²) in [6, 6.07) is 26.8. The van der Waals surface area contributed by atoms with Gasteiger partial charge < -0.3 is 5.32 Å². The lowest BCUT2D eigenvalue weighted by Crippen LogP contribution is -2.15. The number of nitrogens with one attached hydrogen (secondary N) is 1. The van der Waals surface area contributed by atoms with Gasteiger partial charge in [-0.1, -0.05) is 72.3 Å². The number of para-hydroxylation sites is 1. The second-order valence-electron chi connectivity index (χ2n) is 5.61. The lowest BCUT2D eigenvalue weighted by molar-refractivity contribution is 0.0976. The Morgan fingerprint density at radius 1 is 0.833 bits per heavy atom. The first-order chi connectivity index (χ1) is 11.7. The molecule has 2 nitrogen and oxygen atoms in total. The summed E-state index contributed by atoms with van der Waals surface area (Å²) in [5.74, 6) is 0.110. The molecule has 0 amide bonds. The molecule has 0 spiro atoms. The minimum Gasteiger partial charge on any atom is -0.378 e. The molecule has 0 radical (unpaired) electrons. The molecular weight excluding hydrogens is 318 g/mol. The molecule has 3 aromatic carbocycles. The molecule has 120 valence electrons. The van der Waals surface area contributed by atoms with E-state index in [0.29, 0.717) is 11.4 Å². The molecule has 3 rings (SSSR count). The van der Waals surface area contributed by atoms with Crippen LogP contribution >= 0.6 is 11.6 Å². The Bertz CT molecular complexity index is 785. The molecule has 0 heterocycles. The van der Waals surface area contributed by atoms with Gasteiger partial charge in [0.15, 0.2) is 5.78 Å². The topological polar surface area (TPSA) is 29.1 Å². The third kappa shape index (κ3) is 4.24. The van der Waals surface area contributed by atoms with Crippen molar-refractivity contribution in [2.45, 2.75) is 12.5 Å². The number of hydrogen-bond acceptors (Lipinski definition) is 2. The molecule has 0 unspecified atom stereocenters. The van der Waals surface area contributed by atoms with Gasteiger partial charge in [-0.05, 0) is 29.8 Å². The number of ketones is 1. The second-order valence-corrected chi connectivity index (χ2v) is 6.04. The predicted octanol–water partition coefficient (Wildman–Crippen LogP) is 5.77. The van der Waals surface area contributed by atoms with E-state index in [4.69, 9.17) is 11.6 Å². The summed E-state index contributed by atoms with van der Waals surface area (Å²) in [6.45, 7) is 0. The summed E-state index contributed by atoms with van der Waals surface area (Å²) in [5, 5.41) is 4.14. The van der Waals surface area contributed by atoms with Crippen LogP contribution < -0.4 is 5.32 Å². The van der Waals surface area contributed by atoms with Crippen molar-refractivity contribution in [1.29, 1.82) is 0 Å². The minimum absolute atomic E-state index is 0.110. The van der Waals surface area contributed by atoms with Crippen LogP contribution in [0.4, 0.5) is 5.69 Å². The number of rotatable bonds is 6. The van der Waals surface area contributed by atoms with Gasteiger partial charge >= 0.3 is 0 Å². The molecule has 24 heavy (non-hydrogen) atoms. The molecule has 0 aliphatic carbocycles. The first-order valence-electron chi connectivity index (χ1n) is 7.87. The predicted molar refractivity (Wildman–Crippen MR) is 99.6 cm³/mol. The maximum Gasteiger partial charge on any atom is 0.165 e. The zero-order valence-electron chi connectivity index (χ0n) is 13.2. The van der Waals surface area contributed by atoms with E-state index in [1.165, 1.54) is 0 Å². The smallest absolute Gasteiger partial charge is 0.165 e. The van der Waals surface area contributed by atoms with Crippen LogP contribution in [-0.2, 0) is 0 Å². The normalized spacial score (nSPS) is 11.7. The molecule has 0 aliphatic heterocycles. The van der Waals surface area contributed by atoms with Crippen LogP contribution in [0.5, 0.6) is 0 Å². The number of Topliss-reactive ketones (excluding diaryl/α,β-unsaturated/α-hetero) is 1. The number of halogens is 1. The Balaban J connectivity index is 1.84. The van der Waals surface area contributed by atoms with Gasteiger partial charge in [0.1, 0.15) is 0 Å². The SMILES string of the molecule is O=C(C[C@@H](Nc1ccccc1)c1ccc(Cl)cc1)c1ccccc1. The van der Waals surface area contributed by atoms with Crippen molar-refractivity contribution in [3.63, 3.8) is 0 Å². The number of anilines is 1. The number of hydrogen-bond donors (Lipinski definition) is 1. The van der Waals surface area contributed by atoms with E-state index in [1.807, 2.05) is 84.9 Å². The largest absolute Gasteiger partial charge is 0.378 e. The molecule has 1 N–H and O–H groups in total. The third-order valence-corrected chi connectivity index (χ3v) is 4.12. The molecule has 0 aliphatic rings. The van der Waals surface area contributed by atoms with Crippen LogP contribution in [0.3, 0.4) is 0 Å². The van der Waals surface area contributed by atoms with Crippen LogP contribution in [0, 0.1) is 0 Å². The van der Waals surface area contributed by atoms with E-state index in [0.717, 1.165) is 16.8 Å². The van der Waals surface area contributed by atoms with Gasteiger partial charge in [-0.3, -0.25) is 4.79 Å². The maximum atomic E-state index is 12.6. The monoisotopic (exact) mass is 335 g/mol. The maximum absolute atomic E-state index is 12.6. The van der Waals surface area contributed by atoms with E-state index >= 15 is 0 Å². The lowest BCUT2D eigenvalue weighted by atomic mass is 9.97. The van der Waals surface area contributed by atoms with Crippen LogP contribution in [0.1, 0.15) is 28.4 Å². The Morgan fingerprint density at radius 2 is 1.42 bits per heavy atom. The van der Waals surface area contributed by atoms with Crippen molar-refractivity contribution in [2.24, 2.45) is 0 Å². The van der Waals surface area contributed by atoms with Gasteiger partial charge in [0.2, 0.25) is 0 Å². The average molecular weight is 336 g/mol. The number of carbonyl (C=O) groups excluding carboxylic acids is 1. The molecule has 3 heteroatoms. The van der Waals surface area contributed by atoms with E-state index in [1.54, 1.807) is 0 Å². The van der Waals surface area contributed by atoms with Gasteiger partial charge in [-0.15, -0.1) is 0 Å². The molecule has 0 saturated heterocycles. The third-order valence-electron chi connectivity index (χ3n) is 3.87. The van der Waals surface area contributed by atoms with Gasteiger partial charge in [-0.25, -0.2) is 0 Å². The molecule has 0 fully saturated rings. The van der Waals surface area contributed by atoms with Crippen LogP contribution in [0.15, 0.2) is 84.9 Å². The summed E-state index contributed by atoms with van der Waals surface area (Å²) in [6.07, 6.45) is 0.376. The summed E-state index contributed by atoms with van der Waals surface area (Å²) in [7, 11) is 0.